The number of amides is 2. The van der Waals surface area contributed by atoms with E-state index in [1.165, 1.54) is 13.2 Å². The number of hydrogen-bond acceptors (Lipinski definition) is 5. The molecule has 2 aromatic rings. The van der Waals surface area contributed by atoms with Crippen LogP contribution in [0.25, 0.3) is 0 Å². The minimum atomic E-state index is -1.07. The summed E-state index contributed by atoms with van der Waals surface area (Å²) in [7, 11) is 1.41. The van der Waals surface area contributed by atoms with Crippen LogP contribution < -0.4 is 20.5 Å². The predicted molar refractivity (Wildman–Crippen MR) is 96.6 cm³/mol. The lowest BCUT2D eigenvalue weighted by Crippen LogP contribution is -2.30. The number of carboxylic acids is 1. The highest BCUT2D eigenvalue weighted by molar-refractivity contribution is 5.94. The summed E-state index contributed by atoms with van der Waals surface area (Å²) in [5.74, 6) is -1.53. The van der Waals surface area contributed by atoms with E-state index in [0.717, 1.165) is 0 Å². The maximum atomic E-state index is 12.4. The number of nitrogens with two attached hydrogens (primary N) is 1. The first-order valence-corrected chi connectivity index (χ1v) is 8.07. The normalized spacial score (nSPS) is 11.3. The van der Waals surface area contributed by atoms with Crippen molar-refractivity contribution >= 4 is 17.8 Å². The number of carbonyl (C=O) groups is 3. The maximum absolute atomic E-state index is 12.4. The third-order valence-electron chi connectivity index (χ3n) is 3.68. The maximum Gasteiger partial charge on any atom is 0.305 e. The van der Waals surface area contributed by atoms with Crippen molar-refractivity contribution < 1.29 is 29.0 Å². The zero-order valence-corrected chi connectivity index (χ0v) is 14.7. The molecule has 4 N–H and O–H groups in total. The van der Waals surface area contributed by atoms with Crippen LogP contribution in [0, 0.1) is 0 Å². The number of benzene rings is 2. The Morgan fingerprint density at radius 3 is 2.41 bits per heavy atom. The first-order chi connectivity index (χ1) is 12.9. The van der Waals surface area contributed by atoms with Crippen molar-refractivity contribution in [2.45, 2.75) is 12.5 Å². The number of rotatable bonds is 9. The van der Waals surface area contributed by atoms with E-state index in [1.54, 1.807) is 42.5 Å². The Morgan fingerprint density at radius 1 is 1.11 bits per heavy atom. The second-order valence-corrected chi connectivity index (χ2v) is 5.66. The van der Waals surface area contributed by atoms with E-state index in [0.29, 0.717) is 11.1 Å². The second-order valence-electron chi connectivity index (χ2n) is 5.66. The Labute approximate surface area is 155 Å². The molecule has 0 saturated carbocycles. The van der Waals surface area contributed by atoms with Crippen molar-refractivity contribution in [2.24, 2.45) is 5.73 Å². The Morgan fingerprint density at radius 2 is 1.81 bits per heavy atom. The van der Waals surface area contributed by atoms with E-state index in [9.17, 15) is 19.5 Å². The van der Waals surface area contributed by atoms with Crippen LogP contribution in [0.3, 0.4) is 0 Å². The zero-order chi connectivity index (χ0) is 19.8. The minimum absolute atomic E-state index is 0.281. The third-order valence-corrected chi connectivity index (χ3v) is 3.68. The zero-order valence-electron chi connectivity index (χ0n) is 14.7. The van der Waals surface area contributed by atoms with Gasteiger partial charge in [0.2, 0.25) is 0 Å². The van der Waals surface area contributed by atoms with Crippen molar-refractivity contribution in [3.8, 4) is 11.5 Å². The topological polar surface area (TPSA) is 128 Å². The molecule has 2 rings (SSSR count). The van der Waals surface area contributed by atoms with Crippen molar-refractivity contribution in [1.82, 2.24) is 5.32 Å². The Kier molecular flexibility index (Phi) is 6.76. The number of methoxy groups -OCH3 is 1. The Bertz CT molecular complexity index is 822. The summed E-state index contributed by atoms with van der Waals surface area (Å²) in [5.41, 5.74) is 5.99. The lowest BCUT2D eigenvalue weighted by Gasteiger charge is -2.19. The Balaban J connectivity index is 2.26. The number of hydrogen-bond donors (Lipinski definition) is 3. The van der Waals surface area contributed by atoms with Crippen LogP contribution in [0.5, 0.6) is 11.5 Å². The number of primary amides is 1. The molecule has 0 aliphatic rings. The van der Waals surface area contributed by atoms with Gasteiger partial charge in [0.25, 0.3) is 11.8 Å². The molecule has 0 unspecified atom stereocenters. The van der Waals surface area contributed by atoms with Gasteiger partial charge in [-0.15, -0.1) is 0 Å². The van der Waals surface area contributed by atoms with Gasteiger partial charge in [0.1, 0.15) is 0 Å². The van der Waals surface area contributed by atoms with Crippen LogP contribution in [0.15, 0.2) is 48.5 Å². The molecule has 0 bridgehead atoms. The van der Waals surface area contributed by atoms with Gasteiger partial charge >= 0.3 is 5.97 Å². The molecule has 0 saturated heterocycles. The van der Waals surface area contributed by atoms with Gasteiger partial charge in [-0.2, -0.15) is 0 Å². The monoisotopic (exact) mass is 372 g/mol. The first kappa shape index (κ1) is 19.8. The molecule has 8 heteroatoms. The van der Waals surface area contributed by atoms with Crippen molar-refractivity contribution in [3.63, 3.8) is 0 Å². The van der Waals surface area contributed by atoms with E-state index in [-0.39, 0.29) is 24.5 Å². The van der Waals surface area contributed by atoms with Crippen molar-refractivity contribution in [2.75, 3.05) is 13.7 Å². The van der Waals surface area contributed by atoms with Gasteiger partial charge in [-0.3, -0.25) is 14.4 Å². The molecule has 0 radical (unpaired) electrons. The molecule has 27 heavy (non-hydrogen) atoms. The first-order valence-electron chi connectivity index (χ1n) is 8.07. The minimum Gasteiger partial charge on any atom is -0.493 e. The molecular formula is C19H20N2O6. The van der Waals surface area contributed by atoms with Crippen LogP contribution in [-0.2, 0) is 9.59 Å². The third kappa shape index (κ3) is 5.74. The molecule has 0 aliphatic carbocycles. The van der Waals surface area contributed by atoms with Crippen LogP contribution >= 0.6 is 0 Å². The number of carboxylic acid groups (broad SMARTS) is 1. The molecule has 142 valence electrons. The van der Waals surface area contributed by atoms with E-state index >= 15 is 0 Å². The molecule has 0 fully saturated rings. The largest absolute Gasteiger partial charge is 0.493 e. The van der Waals surface area contributed by atoms with E-state index < -0.39 is 23.8 Å². The average Bonchev–Trinajstić information content (AvgIpc) is 2.65. The molecule has 1 atom stereocenters. The highest BCUT2D eigenvalue weighted by atomic mass is 16.5. The van der Waals surface area contributed by atoms with Crippen LogP contribution in [0.4, 0.5) is 0 Å². The number of aliphatic carboxylic acids is 1. The SMILES string of the molecule is COc1cc([C@@H](CC(=O)O)NC(=O)c2ccccc2)ccc1OCC(N)=O. The summed E-state index contributed by atoms with van der Waals surface area (Å²) in [4.78, 5) is 34.5. The summed E-state index contributed by atoms with van der Waals surface area (Å²) < 4.78 is 10.5. The average molecular weight is 372 g/mol. The van der Waals surface area contributed by atoms with Gasteiger partial charge in [0.05, 0.1) is 19.6 Å². The fraction of sp³-hybridized carbons (Fsp3) is 0.211. The summed E-state index contributed by atoms with van der Waals surface area (Å²) in [6.07, 6.45) is -0.316. The van der Waals surface area contributed by atoms with Gasteiger partial charge in [0, 0.05) is 5.56 Å². The standard InChI is InChI=1S/C19H20N2O6/c1-26-16-9-13(7-8-15(16)27-11-17(20)22)14(10-18(23)24)21-19(25)12-5-3-2-4-6-12/h2-9,14H,10-11H2,1H3,(H2,20,22)(H,21,25)(H,23,24)/t14-/m1/s1. The summed E-state index contributed by atoms with van der Waals surface area (Å²) in [6, 6.07) is 12.4. The van der Waals surface area contributed by atoms with Crippen molar-refractivity contribution in [1.29, 1.82) is 0 Å². The van der Waals surface area contributed by atoms with E-state index in [4.69, 9.17) is 15.2 Å². The van der Waals surface area contributed by atoms with Crippen LogP contribution in [0.2, 0.25) is 0 Å². The molecular weight excluding hydrogens is 352 g/mol. The molecule has 0 heterocycles. The highest BCUT2D eigenvalue weighted by Gasteiger charge is 2.20. The van der Waals surface area contributed by atoms with Gasteiger partial charge in [0.15, 0.2) is 18.1 Å². The molecule has 0 spiro atoms. The summed E-state index contributed by atoms with van der Waals surface area (Å²) in [6.45, 7) is -0.320. The molecule has 8 nitrogen and oxygen atoms in total. The van der Waals surface area contributed by atoms with Crippen LogP contribution in [0.1, 0.15) is 28.4 Å². The van der Waals surface area contributed by atoms with Crippen molar-refractivity contribution in [3.05, 3.63) is 59.7 Å². The number of carbonyl (C=O) groups excluding carboxylic acids is 2. The van der Waals surface area contributed by atoms with Gasteiger partial charge < -0.3 is 25.6 Å². The highest BCUT2D eigenvalue weighted by Crippen LogP contribution is 2.31. The van der Waals surface area contributed by atoms with Crippen LogP contribution in [-0.4, -0.2) is 36.6 Å². The molecule has 2 aromatic carbocycles. The lowest BCUT2D eigenvalue weighted by molar-refractivity contribution is -0.137. The quantitative estimate of drug-likeness (QED) is 0.612. The fourth-order valence-corrected chi connectivity index (χ4v) is 2.43. The summed E-state index contributed by atoms with van der Waals surface area (Å²) >= 11 is 0. The molecule has 0 aromatic heterocycles. The van der Waals surface area contributed by atoms with E-state index in [2.05, 4.69) is 5.32 Å². The smallest absolute Gasteiger partial charge is 0.305 e. The number of ether oxygens (including phenoxy) is 2. The second kappa shape index (κ2) is 9.23. The molecule has 0 aliphatic heterocycles. The van der Waals surface area contributed by atoms with Gasteiger partial charge in [-0.1, -0.05) is 24.3 Å². The summed E-state index contributed by atoms with van der Waals surface area (Å²) in [5, 5.41) is 11.9. The van der Waals surface area contributed by atoms with Gasteiger partial charge in [-0.25, -0.2) is 0 Å². The van der Waals surface area contributed by atoms with E-state index in [1.807, 2.05) is 0 Å². The van der Waals surface area contributed by atoms with Gasteiger partial charge in [-0.05, 0) is 29.8 Å². The lowest BCUT2D eigenvalue weighted by atomic mass is 10.0. The number of nitrogens with one attached hydrogen (secondary N) is 1. The fourth-order valence-electron chi connectivity index (χ4n) is 2.43. The molecule has 2 amide bonds. The Hall–Kier alpha value is -3.55. The predicted octanol–water partition coefficient (Wildman–Crippen LogP) is 1.51.